The minimum atomic E-state index is -0.332. The number of nitrogens with one attached hydrogen (secondary N) is 1. The summed E-state index contributed by atoms with van der Waals surface area (Å²) in [6, 6.07) is 16.0. The highest BCUT2D eigenvalue weighted by Gasteiger charge is 2.31. The second kappa shape index (κ2) is 8.92. The summed E-state index contributed by atoms with van der Waals surface area (Å²) in [5.74, 6) is 2.06. The first kappa shape index (κ1) is 20.5. The molecule has 6 nitrogen and oxygen atoms in total. The van der Waals surface area contributed by atoms with Gasteiger partial charge in [-0.05, 0) is 49.9 Å². The van der Waals surface area contributed by atoms with Gasteiger partial charge >= 0.3 is 0 Å². The van der Waals surface area contributed by atoms with Crippen molar-refractivity contribution in [3.8, 4) is 5.75 Å². The highest BCUT2D eigenvalue weighted by molar-refractivity contribution is 8.00. The van der Waals surface area contributed by atoms with Gasteiger partial charge < -0.3 is 14.6 Å². The van der Waals surface area contributed by atoms with Crippen LogP contribution >= 0.6 is 11.8 Å². The lowest BCUT2D eigenvalue weighted by Gasteiger charge is -2.15. The number of hydrogen-bond donors (Lipinski definition) is 1. The van der Waals surface area contributed by atoms with Gasteiger partial charge in [-0.2, -0.15) is 0 Å². The minimum Gasteiger partial charge on any atom is -0.495 e. The average Bonchev–Trinajstić information content (AvgIpc) is 3.52. The van der Waals surface area contributed by atoms with E-state index in [-0.39, 0.29) is 11.2 Å². The van der Waals surface area contributed by atoms with Crippen LogP contribution in [0.4, 0.5) is 5.69 Å². The number of carbonyl (C=O) groups is 1. The van der Waals surface area contributed by atoms with Crippen molar-refractivity contribution in [3.63, 3.8) is 0 Å². The normalized spacial score (nSPS) is 14.4. The van der Waals surface area contributed by atoms with E-state index in [1.54, 1.807) is 7.11 Å². The van der Waals surface area contributed by atoms with Crippen molar-refractivity contribution < 1.29 is 9.53 Å². The molecule has 2 aromatic carbocycles. The molecule has 1 N–H and O–H groups in total. The molecular weight excluding hydrogens is 396 g/mol. The van der Waals surface area contributed by atoms with Crippen LogP contribution in [0.3, 0.4) is 0 Å². The quantitative estimate of drug-likeness (QED) is 0.536. The minimum absolute atomic E-state index is 0.0915. The lowest BCUT2D eigenvalue weighted by Crippen LogP contribution is -2.23. The summed E-state index contributed by atoms with van der Waals surface area (Å²) in [5.41, 5.74) is 2.94. The molecule has 0 radical (unpaired) electrons. The maximum Gasteiger partial charge on any atom is 0.237 e. The van der Waals surface area contributed by atoms with Gasteiger partial charge in [0.1, 0.15) is 11.6 Å². The molecule has 0 saturated heterocycles. The predicted molar refractivity (Wildman–Crippen MR) is 119 cm³/mol. The molecule has 1 aromatic heterocycles. The highest BCUT2D eigenvalue weighted by Crippen LogP contribution is 2.40. The van der Waals surface area contributed by atoms with Crippen molar-refractivity contribution in [2.24, 2.45) is 0 Å². The van der Waals surface area contributed by atoms with E-state index >= 15 is 0 Å². The highest BCUT2D eigenvalue weighted by atomic mass is 32.2. The number of amides is 1. The number of methoxy groups -OCH3 is 1. The molecule has 4 rings (SSSR count). The van der Waals surface area contributed by atoms with Crippen molar-refractivity contribution in [2.45, 2.75) is 49.6 Å². The van der Waals surface area contributed by atoms with Crippen molar-refractivity contribution >= 4 is 23.4 Å². The van der Waals surface area contributed by atoms with E-state index in [0.29, 0.717) is 23.9 Å². The molecule has 0 unspecified atom stereocenters. The molecule has 7 heteroatoms. The van der Waals surface area contributed by atoms with E-state index in [9.17, 15) is 4.79 Å². The van der Waals surface area contributed by atoms with E-state index in [1.807, 2.05) is 50.2 Å². The first-order valence-corrected chi connectivity index (χ1v) is 11.0. The third kappa shape index (κ3) is 4.67. The average molecular weight is 423 g/mol. The number of anilines is 1. The van der Waals surface area contributed by atoms with Crippen molar-refractivity contribution in [2.75, 3.05) is 12.4 Å². The lowest BCUT2D eigenvalue weighted by molar-refractivity contribution is -0.115. The first-order chi connectivity index (χ1) is 14.5. The molecule has 0 bridgehead atoms. The largest absolute Gasteiger partial charge is 0.495 e. The molecule has 1 aliphatic rings. The summed E-state index contributed by atoms with van der Waals surface area (Å²) in [6.07, 6.45) is 2.31. The number of hydrogen-bond acceptors (Lipinski definition) is 5. The zero-order valence-corrected chi connectivity index (χ0v) is 18.3. The van der Waals surface area contributed by atoms with E-state index in [1.165, 1.54) is 17.3 Å². The van der Waals surface area contributed by atoms with Gasteiger partial charge in [-0.3, -0.25) is 4.79 Å². The topological polar surface area (TPSA) is 69.0 Å². The van der Waals surface area contributed by atoms with Gasteiger partial charge in [0.25, 0.3) is 0 Å². The SMILES string of the molecule is COc1ccc(C)cc1NC(=O)[C@@H](C)Sc1nnc(C2CC2)n1Cc1ccccc1. The lowest BCUT2D eigenvalue weighted by atomic mass is 10.2. The van der Waals surface area contributed by atoms with E-state index < -0.39 is 0 Å². The zero-order chi connectivity index (χ0) is 21.1. The molecule has 1 aliphatic carbocycles. The molecule has 1 saturated carbocycles. The summed E-state index contributed by atoms with van der Waals surface area (Å²) >= 11 is 1.44. The number of thioether (sulfide) groups is 1. The fraction of sp³-hybridized carbons (Fsp3) is 0.348. The smallest absolute Gasteiger partial charge is 0.237 e. The molecule has 156 valence electrons. The number of carbonyl (C=O) groups excluding carboxylic acids is 1. The van der Waals surface area contributed by atoms with Gasteiger partial charge in [-0.15, -0.1) is 10.2 Å². The molecule has 1 heterocycles. The van der Waals surface area contributed by atoms with Crippen LogP contribution in [0.25, 0.3) is 0 Å². The van der Waals surface area contributed by atoms with Gasteiger partial charge in [0.15, 0.2) is 5.16 Å². The first-order valence-electron chi connectivity index (χ1n) is 10.1. The second-order valence-corrected chi connectivity index (χ2v) is 8.95. The Balaban J connectivity index is 1.51. The van der Waals surface area contributed by atoms with Gasteiger partial charge in [-0.25, -0.2) is 0 Å². The van der Waals surface area contributed by atoms with Crippen LogP contribution in [0.2, 0.25) is 0 Å². The predicted octanol–water partition coefficient (Wildman–Crippen LogP) is 4.64. The Kier molecular flexibility index (Phi) is 6.08. The maximum absolute atomic E-state index is 12.9. The Morgan fingerprint density at radius 1 is 1.23 bits per heavy atom. The van der Waals surface area contributed by atoms with Gasteiger partial charge in [0, 0.05) is 5.92 Å². The van der Waals surface area contributed by atoms with E-state index in [2.05, 4.69) is 32.2 Å². The van der Waals surface area contributed by atoms with Crippen LogP contribution in [0.1, 0.15) is 42.6 Å². The Morgan fingerprint density at radius 3 is 2.70 bits per heavy atom. The van der Waals surface area contributed by atoms with Gasteiger partial charge in [0.05, 0.1) is 24.6 Å². The maximum atomic E-state index is 12.9. The van der Waals surface area contributed by atoms with E-state index in [4.69, 9.17) is 4.74 Å². The zero-order valence-electron chi connectivity index (χ0n) is 17.5. The number of benzene rings is 2. The Bertz CT molecular complexity index is 1030. The van der Waals surface area contributed by atoms with Crippen molar-refractivity contribution in [1.82, 2.24) is 14.8 Å². The number of aryl methyl sites for hydroxylation is 1. The van der Waals surface area contributed by atoms with Crippen LogP contribution in [0.5, 0.6) is 5.75 Å². The summed E-state index contributed by atoms with van der Waals surface area (Å²) in [5, 5.41) is 12.3. The second-order valence-electron chi connectivity index (χ2n) is 7.64. The molecule has 30 heavy (non-hydrogen) atoms. The molecular formula is C23H26N4O2S. The third-order valence-electron chi connectivity index (χ3n) is 5.14. The summed E-state index contributed by atoms with van der Waals surface area (Å²) in [4.78, 5) is 12.9. The van der Waals surface area contributed by atoms with Crippen LogP contribution in [0.15, 0.2) is 53.7 Å². The molecule has 0 aliphatic heterocycles. The number of rotatable bonds is 8. The summed E-state index contributed by atoms with van der Waals surface area (Å²) in [7, 11) is 1.60. The fourth-order valence-corrected chi connectivity index (χ4v) is 4.17. The van der Waals surface area contributed by atoms with Crippen LogP contribution in [-0.2, 0) is 11.3 Å². The molecule has 1 atom stereocenters. The third-order valence-corrected chi connectivity index (χ3v) is 6.22. The number of ether oxygens (including phenoxy) is 1. The van der Waals surface area contributed by atoms with Gasteiger partial charge in [-0.1, -0.05) is 48.2 Å². The summed E-state index contributed by atoms with van der Waals surface area (Å²) < 4.78 is 7.53. The number of nitrogens with zero attached hydrogens (tertiary/aromatic N) is 3. The van der Waals surface area contributed by atoms with Crippen molar-refractivity contribution in [3.05, 3.63) is 65.5 Å². The monoisotopic (exact) mass is 422 g/mol. The van der Waals surface area contributed by atoms with Gasteiger partial charge in [0.2, 0.25) is 5.91 Å². The molecule has 0 spiro atoms. The molecule has 1 amide bonds. The Hall–Kier alpha value is -2.80. The van der Waals surface area contributed by atoms with Crippen LogP contribution < -0.4 is 10.1 Å². The Morgan fingerprint density at radius 2 is 2.00 bits per heavy atom. The number of aromatic nitrogens is 3. The standard InChI is InChI=1S/C23H26N4O2S/c1-15-9-12-20(29-3)19(13-15)24-22(28)16(2)30-23-26-25-21(18-10-11-18)27(23)14-17-7-5-4-6-8-17/h4-9,12-13,16,18H,10-11,14H2,1-3H3,(H,24,28)/t16-/m1/s1. The van der Waals surface area contributed by atoms with Crippen LogP contribution in [-0.4, -0.2) is 33.0 Å². The Labute approximate surface area is 181 Å². The molecule has 3 aromatic rings. The summed E-state index contributed by atoms with van der Waals surface area (Å²) in [6.45, 7) is 4.58. The fourth-order valence-electron chi connectivity index (χ4n) is 3.31. The van der Waals surface area contributed by atoms with E-state index in [0.717, 1.165) is 29.4 Å². The van der Waals surface area contributed by atoms with Crippen molar-refractivity contribution in [1.29, 1.82) is 0 Å². The van der Waals surface area contributed by atoms with Crippen LogP contribution in [0, 0.1) is 6.92 Å². The molecule has 1 fully saturated rings.